The minimum Gasteiger partial charge on any atom is -0.387 e. The number of hydrogen-bond donors (Lipinski definition) is 1. The van der Waals surface area contributed by atoms with Gasteiger partial charge in [-0.3, -0.25) is 4.99 Å². The molecule has 1 rings (SSSR count). The second-order valence-electron chi connectivity index (χ2n) is 3.78. The highest BCUT2D eigenvalue weighted by atomic mass is 14.8. The van der Waals surface area contributed by atoms with Crippen molar-refractivity contribution in [3.05, 3.63) is 0 Å². The maximum Gasteiger partial charge on any atom is 0.0936 e. The second kappa shape index (κ2) is 5.18. The van der Waals surface area contributed by atoms with E-state index in [9.17, 15) is 0 Å². The molecule has 0 amide bonds. The fourth-order valence-electron chi connectivity index (χ4n) is 1.96. The zero-order valence-electron chi connectivity index (χ0n) is 8.05. The summed E-state index contributed by atoms with van der Waals surface area (Å²) in [5, 5.41) is 0. The molecule has 2 N–H and O–H groups in total. The van der Waals surface area contributed by atoms with Crippen LogP contribution < -0.4 is 5.73 Å². The van der Waals surface area contributed by atoms with Gasteiger partial charge >= 0.3 is 0 Å². The predicted octanol–water partition coefficient (Wildman–Crippen LogP) is 2.33. The summed E-state index contributed by atoms with van der Waals surface area (Å²) in [5.74, 6) is 1.65. The largest absolute Gasteiger partial charge is 0.387 e. The highest BCUT2D eigenvalue weighted by Gasteiger charge is 2.12. The summed E-state index contributed by atoms with van der Waals surface area (Å²) in [5.41, 5.74) is 5.70. The maximum absolute atomic E-state index is 5.70. The average Bonchev–Trinajstić information content (AvgIpc) is 2.33. The van der Waals surface area contributed by atoms with Crippen LogP contribution in [-0.4, -0.2) is 12.9 Å². The molecule has 0 radical (unpaired) electrons. The fraction of sp³-hybridized carbons (Fsp3) is 0.900. The maximum atomic E-state index is 5.70. The summed E-state index contributed by atoms with van der Waals surface area (Å²) in [4.78, 5) is 4.01. The molecule has 12 heavy (non-hydrogen) atoms. The van der Waals surface area contributed by atoms with E-state index < -0.39 is 0 Å². The molecule has 0 spiro atoms. The number of nitrogens with two attached hydrogens (primary N) is 1. The van der Waals surface area contributed by atoms with Crippen molar-refractivity contribution in [2.45, 2.75) is 44.9 Å². The zero-order valence-corrected chi connectivity index (χ0v) is 8.05. The molecule has 1 aliphatic carbocycles. The van der Waals surface area contributed by atoms with Crippen LogP contribution >= 0.6 is 0 Å². The highest BCUT2D eigenvalue weighted by molar-refractivity contribution is 5.80. The van der Waals surface area contributed by atoms with Crippen molar-refractivity contribution in [2.24, 2.45) is 16.6 Å². The molecule has 1 fully saturated rings. The third-order valence-corrected chi connectivity index (χ3v) is 2.76. The Morgan fingerprint density at radius 3 is 2.33 bits per heavy atom. The molecule has 0 bridgehead atoms. The first-order valence-electron chi connectivity index (χ1n) is 5.04. The van der Waals surface area contributed by atoms with E-state index >= 15 is 0 Å². The van der Waals surface area contributed by atoms with Crippen molar-refractivity contribution in [2.75, 3.05) is 7.05 Å². The van der Waals surface area contributed by atoms with E-state index in [4.69, 9.17) is 5.73 Å². The first-order valence-corrected chi connectivity index (χ1v) is 5.04. The van der Waals surface area contributed by atoms with Gasteiger partial charge in [0.05, 0.1) is 5.84 Å². The Bertz CT molecular complexity index is 144. The van der Waals surface area contributed by atoms with Crippen LogP contribution in [0.5, 0.6) is 0 Å². The molecule has 1 aliphatic rings. The van der Waals surface area contributed by atoms with Crippen LogP contribution in [-0.2, 0) is 0 Å². The molecule has 1 saturated carbocycles. The number of amidine groups is 1. The van der Waals surface area contributed by atoms with Crippen molar-refractivity contribution >= 4 is 5.84 Å². The lowest BCUT2D eigenvalue weighted by Gasteiger charge is -2.12. The van der Waals surface area contributed by atoms with Crippen molar-refractivity contribution in [3.8, 4) is 0 Å². The first kappa shape index (κ1) is 9.56. The van der Waals surface area contributed by atoms with E-state index in [2.05, 4.69) is 4.99 Å². The average molecular weight is 168 g/mol. The van der Waals surface area contributed by atoms with E-state index in [1.54, 1.807) is 7.05 Å². The lowest BCUT2D eigenvalue weighted by Crippen LogP contribution is -2.16. The SMILES string of the molecule is C/N=C(\N)CC1CCCCCC1. The quantitative estimate of drug-likeness (QED) is 0.383. The monoisotopic (exact) mass is 168 g/mol. The molecule has 0 unspecified atom stereocenters. The number of hydrogen-bond acceptors (Lipinski definition) is 1. The van der Waals surface area contributed by atoms with E-state index in [1.807, 2.05) is 0 Å². The molecule has 0 aromatic rings. The topological polar surface area (TPSA) is 38.4 Å². The number of aliphatic imine (C=N–C) groups is 1. The van der Waals surface area contributed by atoms with Crippen molar-refractivity contribution in [3.63, 3.8) is 0 Å². The Kier molecular flexibility index (Phi) is 4.12. The van der Waals surface area contributed by atoms with Crippen LogP contribution in [0.2, 0.25) is 0 Å². The van der Waals surface area contributed by atoms with Crippen LogP contribution in [0.25, 0.3) is 0 Å². The highest BCUT2D eigenvalue weighted by Crippen LogP contribution is 2.25. The molecule has 2 nitrogen and oxygen atoms in total. The van der Waals surface area contributed by atoms with Gasteiger partial charge in [0.1, 0.15) is 0 Å². The zero-order chi connectivity index (χ0) is 8.81. The van der Waals surface area contributed by atoms with E-state index in [-0.39, 0.29) is 0 Å². The summed E-state index contributed by atoms with van der Waals surface area (Å²) in [6.07, 6.45) is 9.35. The van der Waals surface area contributed by atoms with Crippen molar-refractivity contribution in [1.82, 2.24) is 0 Å². The van der Waals surface area contributed by atoms with Crippen LogP contribution in [0.3, 0.4) is 0 Å². The second-order valence-corrected chi connectivity index (χ2v) is 3.78. The molecule has 0 saturated heterocycles. The molecule has 0 aromatic heterocycles. The summed E-state index contributed by atoms with van der Waals surface area (Å²) in [6, 6.07) is 0. The van der Waals surface area contributed by atoms with Crippen LogP contribution in [0, 0.1) is 5.92 Å². The normalized spacial score (nSPS) is 22.2. The summed E-state index contributed by atoms with van der Waals surface area (Å²) < 4.78 is 0. The molecular formula is C10H20N2. The van der Waals surface area contributed by atoms with Gasteiger partial charge in [-0.2, -0.15) is 0 Å². The molecule has 0 aliphatic heterocycles. The van der Waals surface area contributed by atoms with E-state index in [1.165, 1.54) is 38.5 Å². The Labute approximate surface area is 75.3 Å². The molecule has 2 heteroatoms. The number of rotatable bonds is 2. The summed E-state index contributed by atoms with van der Waals surface area (Å²) >= 11 is 0. The van der Waals surface area contributed by atoms with Gasteiger partial charge in [-0.05, 0) is 5.92 Å². The van der Waals surface area contributed by atoms with E-state index in [0.717, 1.165) is 18.2 Å². The van der Waals surface area contributed by atoms with Crippen LogP contribution in [0.15, 0.2) is 4.99 Å². The minimum absolute atomic E-state index is 0.816. The standard InChI is InChI=1S/C10H20N2/c1-12-10(11)8-9-6-4-2-3-5-7-9/h9H,2-8H2,1H3,(H2,11,12). The van der Waals surface area contributed by atoms with Crippen LogP contribution in [0.4, 0.5) is 0 Å². The lowest BCUT2D eigenvalue weighted by atomic mass is 9.96. The van der Waals surface area contributed by atoms with Gasteiger partial charge in [0.15, 0.2) is 0 Å². The Balaban J connectivity index is 2.29. The molecule has 0 aromatic carbocycles. The van der Waals surface area contributed by atoms with Crippen molar-refractivity contribution < 1.29 is 0 Å². The lowest BCUT2D eigenvalue weighted by molar-refractivity contribution is 0.475. The van der Waals surface area contributed by atoms with Gasteiger partial charge in [0.25, 0.3) is 0 Å². The smallest absolute Gasteiger partial charge is 0.0936 e. The minimum atomic E-state index is 0.816. The Hall–Kier alpha value is -0.530. The number of nitrogens with zero attached hydrogens (tertiary/aromatic N) is 1. The molecular weight excluding hydrogens is 148 g/mol. The van der Waals surface area contributed by atoms with Gasteiger partial charge in [-0.25, -0.2) is 0 Å². The predicted molar refractivity (Wildman–Crippen MR) is 53.4 cm³/mol. The molecule has 70 valence electrons. The van der Waals surface area contributed by atoms with Gasteiger partial charge in [0, 0.05) is 13.5 Å². The summed E-state index contributed by atoms with van der Waals surface area (Å²) in [6.45, 7) is 0. The molecule has 0 atom stereocenters. The van der Waals surface area contributed by atoms with Gasteiger partial charge < -0.3 is 5.73 Å². The molecule has 0 heterocycles. The van der Waals surface area contributed by atoms with E-state index in [0.29, 0.717) is 0 Å². The third kappa shape index (κ3) is 3.24. The van der Waals surface area contributed by atoms with Gasteiger partial charge in [0.2, 0.25) is 0 Å². The Morgan fingerprint density at radius 2 is 1.83 bits per heavy atom. The fourth-order valence-corrected chi connectivity index (χ4v) is 1.96. The van der Waals surface area contributed by atoms with Crippen molar-refractivity contribution in [1.29, 1.82) is 0 Å². The summed E-state index contributed by atoms with van der Waals surface area (Å²) in [7, 11) is 1.78. The third-order valence-electron chi connectivity index (χ3n) is 2.76. The van der Waals surface area contributed by atoms with Gasteiger partial charge in [-0.1, -0.05) is 38.5 Å². The Morgan fingerprint density at radius 1 is 1.25 bits per heavy atom. The first-order chi connectivity index (χ1) is 5.83. The van der Waals surface area contributed by atoms with Gasteiger partial charge in [-0.15, -0.1) is 0 Å². The van der Waals surface area contributed by atoms with Crippen LogP contribution in [0.1, 0.15) is 44.9 Å².